The lowest BCUT2D eigenvalue weighted by atomic mass is 10.1. The fraction of sp³-hybridized carbons (Fsp3) is 0.364. The summed E-state index contributed by atoms with van der Waals surface area (Å²) >= 11 is 0. The number of rotatable bonds is 4. The predicted octanol–water partition coefficient (Wildman–Crippen LogP) is 1.43. The third-order valence-corrected chi connectivity index (χ3v) is 2.30. The average molecular weight is 225 g/mol. The molecule has 0 fully saturated rings. The smallest absolute Gasteiger partial charge is 0.407 e. The molecule has 0 saturated heterocycles. The first-order valence-corrected chi connectivity index (χ1v) is 4.99. The third-order valence-electron chi connectivity index (χ3n) is 2.30. The summed E-state index contributed by atoms with van der Waals surface area (Å²) in [6, 6.07) is 6.15. The minimum atomic E-state index is -1.07. The number of hydrogen-bond acceptors (Lipinski definition) is 3. The molecule has 5 nitrogen and oxygen atoms in total. The Hall–Kier alpha value is -1.75. The van der Waals surface area contributed by atoms with E-state index in [1.807, 2.05) is 0 Å². The van der Waals surface area contributed by atoms with E-state index in [0.717, 1.165) is 4.90 Å². The zero-order chi connectivity index (χ0) is 12.1. The summed E-state index contributed by atoms with van der Waals surface area (Å²) in [5.74, 6) is 0.0509. The molecule has 0 saturated carbocycles. The quantitative estimate of drug-likeness (QED) is 0.724. The minimum Gasteiger partial charge on any atom is -0.508 e. The second-order valence-corrected chi connectivity index (χ2v) is 3.43. The summed E-state index contributed by atoms with van der Waals surface area (Å²) in [5.41, 5.74) is 0.500. The zero-order valence-corrected chi connectivity index (χ0v) is 9.00. The lowest BCUT2D eigenvalue weighted by Crippen LogP contribution is -2.33. The molecule has 0 spiro atoms. The number of amides is 1. The largest absolute Gasteiger partial charge is 0.508 e. The van der Waals surface area contributed by atoms with E-state index in [2.05, 4.69) is 0 Å². The molecule has 0 aliphatic rings. The van der Waals surface area contributed by atoms with Crippen LogP contribution in [-0.4, -0.2) is 39.4 Å². The van der Waals surface area contributed by atoms with Gasteiger partial charge in [-0.05, 0) is 24.6 Å². The van der Waals surface area contributed by atoms with Crippen molar-refractivity contribution in [2.45, 2.75) is 13.0 Å². The molecule has 0 aliphatic heterocycles. The highest BCUT2D eigenvalue weighted by Crippen LogP contribution is 2.18. The lowest BCUT2D eigenvalue weighted by molar-refractivity contribution is 0.0992. The van der Waals surface area contributed by atoms with Crippen LogP contribution in [0, 0.1) is 0 Å². The number of aliphatic hydroxyl groups excluding tert-OH is 1. The molecule has 3 N–H and O–H groups in total. The molecule has 1 amide bonds. The Kier molecular flexibility index (Phi) is 4.13. The molecule has 1 aromatic rings. The number of hydrogen-bond donors (Lipinski definition) is 3. The Morgan fingerprint density at radius 2 is 2.19 bits per heavy atom. The van der Waals surface area contributed by atoms with Gasteiger partial charge in [0.25, 0.3) is 0 Å². The molecule has 0 aliphatic carbocycles. The van der Waals surface area contributed by atoms with Crippen LogP contribution in [0.25, 0.3) is 0 Å². The number of carbonyl (C=O) groups is 1. The van der Waals surface area contributed by atoms with Gasteiger partial charge in [-0.25, -0.2) is 4.79 Å². The second kappa shape index (κ2) is 5.37. The van der Waals surface area contributed by atoms with Crippen LogP contribution >= 0.6 is 0 Å². The Labute approximate surface area is 93.6 Å². The molecule has 16 heavy (non-hydrogen) atoms. The van der Waals surface area contributed by atoms with Gasteiger partial charge in [-0.3, -0.25) is 0 Å². The number of benzene rings is 1. The van der Waals surface area contributed by atoms with Crippen molar-refractivity contribution >= 4 is 6.09 Å². The number of phenolic OH excluding ortho intramolecular Hbond substituents is 1. The molecule has 1 aromatic carbocycles. The predicted molar refractivity (Wildman–Crippen MR) is 58.3 cm³/mol. The van der Waals surface area contributed by atoms with E-state index in [1.54, 1.807) is 19.1 Å². The van der Waals surface area contributed by atoms with Crippen molar-refractivity contribution < 1.29 is 20.1 Å². The number of carboxylic acid groups (broad SMARTS) is 1. The molecule has 5 heteroatoms. The van der Waals surface area contributed by atoms with Crippen molar-refractivity contribution in [2.75, 3.05) is 13.1 Å². The normalized spacial score (nSPS) is 12.1. The highest BCUT2D eigenvalue weighted by atomic mass is 16.4. The highest BCUT2D eigenvalue weighted by Gasteiger charge is 2.16. The van der Waals surface area contributed by atoms with Crippen LogP contribution in [-0.2, 0) is 0 Å². The van der Waals surface area contributed by atoms with Crippen LogP contribution in [0.3, 0.4) is 0 Å². The van der Waals surface area contributed by atoms with Gasteiger partial charge in [-0.15, -0.1) is 0 Å². The van der Waals surface area contributed by atoms with Crippen LogP contribution in [0.1, 0.15) is 18.6 Å². The van der Waals surface area contributed by atoms with Crippen LogP contribution < -0.4 is 0 Å². The number of phenols is 1. The summed E-state index contributed by atoms with van der Waals surface area (Å²) in [4.78, 5) is 11.8. The molecular formula is C11H15NO4. The van der Waals surface area contributed by atoms with E-state index >= 15 is 0 Å². The van der Waals surface area contributed by atoms with E-state index in [0.29, 0.717) is 12.1 Å². The van der Waals surface area contributed by atoms with Gasteiger partial charge in [0.15, 0.2) is 0 Å². The van der Waals surface area contributed by atoms with Crippen molar-refractivity contribution in [1.29, 1.82) is 0 Å². The maximum absolute atomic E-state index is 10.7. The van der Waals surface area contributed by atoms with Gasteiger partial charge in [0.1, 0.15) is 5.75 Å². The maximum atomic E-state index is 10.7. The molecule has 1 rings (SSSR count). The summed E-state index contributed by atoms with van der Waals surface area (Å²) < 4.78 is 0. The molecular weight excluding hydrogens is 210 g/mol. The first kappa shape index (κ1) is 12.3. The standard InChI is InChI=1S/C11H15NO4/c1-2-12(11(15)16)7-10(14)8-4-3-5-9(13)6-8/h3-6,10,13-14H,2,7H2,1H3,(H,15,16). The van der Waals surface area contributed by atoms with Crippen LogP contribution in [0.4, 0.5) is 4.79 Å². The van der Waals surface area contributed by atoms with E-state index in [9.17, 15) is 15.0 Å². The topological polar surface area (TPSA) is 81.0 Å². The van der Waals surface area contributed by atoms with E-state index < -0.39 is 12.2 Å². The third kappa shape index (κ3) is 3.13. The Morgan fingerprint density at radius 1 is 1.50 bits per heavy atom. The first-order chi connectivity index (χ1) is 7.54. The van der Waals surface area contributed by atoms with Crippen LogP contribution in [0.15, 0.2) is 24.3 Å². The van der Waals surface area contributed by atoms with E-state index in [-0.39, 0.29) is 12.3 Å². The number of aliphatic hydroxyl groups is 1. The van der Waals surface area contributed by atoms with E-state index in [1.165, 1.54) is 12.1 Å². The van der Waals surface area contributed by atoms with Gasteiger partial charge < -0.3 is 20.2 Å². The molecule has 88 valence electrons. The summed E-state index contributed by atoms with van der Waals surface area (Å²) in [5, 5.41) is 27.8. The molecule has 0 bridgehead atoms. The Bertz CT molecular complexity index is 367. The van der Waals surface area contributed by atoms with Gasteiger partial charge in [-0.2, -0.15) is 0 Å². The van der Waals surface area contributed by atoms with Crippen molar-refractivity contribution in [3.8, 4) is 5.75 Å². The SMILES string of the molecule is CCN(CC(O)c1cccc(O)c1)C(=O)O. The van der Waals surface area contributed by atoms with Crippen LogP contribution in [0.5, 0.6) is 5.75 Å². The fourth-order valence-electron chi connectivity index (χ4n) is 1.39. The van der Waals surface area contributed by atoms with Gasteiger partial charge in [0.2, 0.25) is 0 Å². The summed E-state index contributed by atoms with van der Waals surface area (Å²) in [6.07, 6.45) is -2.00. The van der Waals surface area contributed by atoms with Crippen molar-refractivity contribution in [3.63, 3.8) is 0 Å². The van der Waals surface area contributed by atoms with Crippen molar-refractivity contribution in [2.24, 2.45) is 0 Å². The maximum Gasteiger partial charge on any atom is 0.407 e. The van der Waals surface area contributed by atoms with Gasteiger partial charge in [-0.1, -0.05) is 12.1 Å². The highest BCUT2D eigenvalue weighted by molar-refractivity contribution is 5.64. The second-order valence-electron chi connectivity index (χ2n) is 3.43. The van der Waals surface area contributed by atoms with Gasteiger partial charge in [0.05, 0.1) is 12.6 Å². The fourth-order valence-corrected chi connectivity index (χ4v) is 1.39. The average Bonchev–Trinajstić information content (AvgIpc) is 2.25. The van der Waals surface area contributed by atoms with Gasteiger partial charge in [0, 0.05) is 6.54 Å². The molecule has 0 aromatic heterocycles. The Morgan fingerprint density at radius 3 is 2.69 bits per heavy atom. The minimum absolute atomic E-state index is 0.00468. The van der Waals surface area contributed by atoms with Crippen molar-refractivity contribution in [1.82, 2.24) is 4.90 Å². The number of aromatic hydroxyl groups is 1. The van der Waals surface area contributed by atoms with Crippen molar-refractivity contribution in [3.05, 3.63) is 29.8 Å². The lowest BCUT2D eigenvalue weighted by Gasteiger charge is -2.20. The van der Waals surface area contributed by atoms with Gasteiger partial charge >= 0.3 is 6.09 Å². The zero-order valence-electron chi connectivity index (χ0n) is 9.00. The molecule has 0 heterocycles. The van der Waals surface area contributed by atoms with E-state index in [4.69, 9.17) is 5.11 Å². The monoisotopic (exact) mass is 225 g/mol. The van der Waals surface area contributed by atoms with Crippen LogP contribution in [0.2, 0.25) is 0 Å². The summed E-state index contributed by atoms with van der Waals surface area (Å²) in [6.45, 7) is 2.00. The molecule has 0 radical (unpaired) electrons. The Balaban J connectivity index is 2.71. The molecule has 1 unspecified atom stereocenters. The number of likely N-dealkylation sites (N-methyl/N-ethyl adjacent to an activating group) is 1. The first-order valence-electron chi connectivity index (χ1n) is 4.99. The molecule has 1 atom stereocenters. The summed E-state index contributed by atoms with van der Waals surface area (Å²) in [7, 11) is 0. The number of nitrogens with zero attached hydrogens (tertiary/aromatic N) is 1.